The lowest BCUT2D eigenvalue weighted by molar-refractivity contribution is 0.462. The van der Waals surface area contributed by atoms with E-state index in [-0.39, 0.29) is 0 Å². The molecule has 0 atom stereocenters. The van der Waals surface area contributed by atoms with Gasteiger partial charge in [0.1, 0.15) is 5.75 Å². The van der Waals surface area contributed by atoms with Crippen LogP contribution in [0.25, 0.3) is 0 Å². The van der Waals surface area contributed by atoms with E-state index < -0.39 is 0 Å². The van der Waals surface area contributed by atoms with Crippen molar-refractivity contribution in [3.05, 3.63) is 22.7 Å². The Bertz CT molecular complexity index is 241. The largest absolute Gasteiger partial charge is 0.507 e. The second-order valence-corrected chi connectivity index (χ2v) is 4.52. The molecule has 0 bridgehead atoms. The van der Waals surface area contributed by atoms with Crippen molar-refractivity contribution in [1.29, 1.82) is 0 Å². The van der Waals surface area contributed by atoms with Crippen LogP contribution in [0.3, 0.4) is 0 Å². The summed E-state index contributed by atoms with van der Waals surface area (Å²) < 4.78 is 0.990. The number of phenols is 1. The van der Waals surface area contributed by atoms with Gasteiger partial charge in [0.2, 0.25) is 0 Å². The predicted molar refractivity (Wildman–Crippen MR) is 55.7 cm³/mol. The number of aromatic hydroxyl groups is 1. The Morgan fingerprint density at radius 2 is 2.20 bits per heavy atom. The highest BCUT2D eigenvalue weighted by Gasteiger charge is 1.98. The summed E-state index contributed by atoms with van der Waals surface area (Å²) in [6, 6.07) is 5.36. The Hall–Kier alpha value is 0.580. The zero-order chi connectivity index (χ0) is 7.56. The Balaban J connectivity index is 3.09. The fourth-order valence-electron chi connectivity index (χ4n) is 0.550. The third kappa shape index (κ3) is 2.03. The molecule has 0 spiro atoms. The van der Waals surface area contributed by atoms with E-state index in [0.29, 0.717) is 5.75 Å². The fourth-order valence-corrected chi connectivity index (χ4v) is 2.44. The van der Waals surface area contributed by atoms with Gasteiger partial charge in [-0.1, -0.05) is 15.9 Å². The van der Waals surface area contributed by atoms with Crippen molar-refractivity contribution in [1.82, 2.24) is 0 Å². The second kappa shape index (κ2) is 3.82. The zero-order valence-corrected chi connectivity index (χ0v) is 9.40. The van der Waals surface area contributed by atoms with Crippen LogP contribution in [-0.4, -0.2) is 5.11 Å². The smallest absolute Gasteiger partial charge is 0.130 e. The highest BCUT2D eigenvalue weighted by molar-refractivity contribution is 14.2. The predicted octanol–water partition coefficient (Wildman–Crippen LogP) is 3.60. The van der Waals surface area contributed by atoms with E-state index in [9.17, 15) is 5.11 Å². The highest BCUT2D eigenvalue weighted by atomic mass is 127. The van der Waals surface area contributed by atoms with Gasteiger partial charge in [-0.2, -0.15) is 0 Å². The minimum absolute atomic E-state index is 0.336. The van der Waals surface area contributed by atoms with Gasteiger partial charge in [0, 0.05) is 25.7 Å². The standard InChI is InChI=1S/C6H4BrIOS/c7-4-1-2-5(9)6(3-4)10-8/h1-3,9H. The summed E-state index contributed by atoms with van der Waals surface area (Å²) in [5.74, 6) is 0.336. The number of phenolic OH excluding ortho intramolecular Hbond substituents is 1. The van der Waals surface area contributed by atoms with Crippen LogP contribution in [0.1, 0.15) is 0 Å². The maximum atomic E-state index is 9.19. The molecule has 10 heavy (non-hydrogen) atoms. The molecule has 4 heteroatoms. The average molecular weight is 331 g/mol. The SMILES string of the molecule is Oc1ccc(Br)cc1SI. The van der Waals surface area contributed by atoms with Gasteiger partial charge < -0.3 is 5.11 Å². The summed E-state index contributed by atoms with van der Waals surface area (Å²) in [6.07, 6.45) is 0. The molecule has 0 aliphatic rings. The first-order chi connectivity index (χ1) is 4.74. The molecule has 0 heterocycles. The summed E-state index contributed by atoms with van der Waals surface area (Å²) >= 11 is 5.44. The van der Waals surface area contributed by atoms with Crippen LogP contribution >= 0.6 is 46.1 Å². The molecule has 0 unspecified atom stereocenters. The molecule has 1 nitrogen and oxygen atoms in total. The molecule has 0 aliphatic carbocycles. The van der Waals surface area contributed by atoms with Gasteiger partial charge in [-0.25, -0.2) is 0 Å². The van der Waals surface area contributed by atoms with E-state index in [0.717, 1.165) is 9.37 Å². The van der Waals surface area contributed by atoms with Crippen LogP contribution < -0.4 is 0 Å². The van der Waals surface area contributed by atoms with Gasteiger partial charge in [0.25, 0.3) is 0 Å². The summed E-state index contributed by atoms with van der Waals surface area (Å²) in [7, 11) is 1.50. The van der Waals surface area contributed by atoms with Crippen molar-refractivity contribution in [3.8, 4) is 5.75 Å². The maximum absolute atomic E-state index is 9.19. The van der Waals surface area contributed by atoms with E-state index in [1.165, 1.54) is 8.93 Å². The first kappa shape index (κ1) is 8.67. The number of benzene rings is 1. The molecule has 0 fully saturated rings. The van der Waals surface area contributed by atoms with Gasteiger partial charge in [0.05, 0.1) is 4.90 Å². The van der Waals surface area contributed by atoms with E-state index >= 15 is 0 Å². The molecule has 1 aromatic rings. The van der Waals surface area contributed by atoms with E-state index in [1.807, 2.05) is 12.1 Å². The first-order valence-corrected chi connectivity index (χ1v) is 6.66. The minimum atomic E-state index is 0.336. The lowest BCUT2D eigenvalue weighted by Gasteiger charge is -1.98. The molecule has 0 aromatic heterocycles. The summed E-state index contributed by atoms with van der Waals surface area (Å²) in [5, 5.41) is 9.19. The van der Waals surface area contributed by atoms with Crippen LogP contribution in [0.15, 0.2) is 27.6 Å². The fraction of sp³-hybridized carbons (Fsp3) is 0. The molecule has 0 saturated heterocycles. The number of rotatable bonds is 1. The second-order valence-electron chi connectivity index (χ2n) is 1.69. The molecule has 1 aromatic carbocycles. The monoisotopic (exact) mass is 330 g/mol. The van der Waals surface area contributed by atoms with Crippen LogP contribution in [0.5, 0.6) is 5.75 Å². The van der Waals surface area contributed by atoms with Gasteiger partial charge in [-0.15, -0.1) is 0 Å². The summed E-state index contributed by atoms with van der Waals surface area (Å²) in [5.41, 5.74) is 0. The van der Waals surface area contributed by atoms with Gasteiger partial charge in [0.15, 0.2) is 0 Å². The topological polar surface area (TPSA) is 20.2 Å². The van der Waals surface area contributed by atoms with Gasteiger partial charge in [-0.05, 0) is 27.1 Å². The van der Waals surface area contributed by atoms with Crippen molar-refractivity contribution in [2.75, 3.05) is 0 Å². The molecule has 1 N–H and O–H groups in total. The number of halogens is 2. The highest BCUT2D eigenvalue weighted by Crippen LogP contribution is 2.34. The van der Waals surface area contributed by atoms with E-state index in [1.54, 1.807) is 6.07 Å². The molecular weight excluding hydrogens is 327 g/mol. The molecule has 1 rings (SSSR count). The molecule has 0 radical (unpaired) electrons. The van der Waals surface area contributed by atoms with Crippen molar-refractivity contribution in [3.63, 3.8) is 0 Å². The van der Waals surface area contributed by atoms with Crippen molar-refractivity contribution in [2.45, 2.75) is 4.90 Å². The molecule has 0 aliphatic heterocycles. The van der Waals surface area contributed by atoms with Crippen LogP contribution in [0.4, 0.5) is 0 Å². The quantitative estimate of drug-likeness (QED) is 0.794. The molecule has 0 amide bonds. The Labute approximate surface area is 83.9 Å². The third-order valence-corrected chi connectivity index (χ3v) is 3.41. The maximum Gasteiger partial charge on any atom is 0.130 e. The number of hydrogen-bond donors (Lipinski definition) is 1. The van der Waals surface area contributed by atoms with Crippen molar-refractivity contribution >= 4 is 46.1 Å². The Kier molecular flexibility index (Phi) is 3.32. The third-order valence-electron chi connectivity index (χ3n) is 1.00. The van der Waals surface area contributed by atoms with Crippen LogP contribution in [0, 0.1) is 0 Å². The van der Waals surface area contributed by atoms with Crippen molar-refractivity contribution in [2.24, 2.45) is 0 Å². The first-order valence-electron chi connectivity index (χ1n) is 2.51. The van der Waals surface area contributed by atoms with E-state index in [4.69, 9.17) is 0 Å². The van der Waals surface area contributed by atoms with Gasteiger partial charge in [-0.3, -0.25) is 0 Å². The van der Waals surface area contributed by atoms with Crippen LogP contribution in [-0.2, 0) is 0 Å². The lowest BCUT2D eigenvalue weighted by atomic mass is 10.3. The van der Waals surface area contributed by atoms with E-state index in [2.05, 4.69) is 37.1 Å². The molecule has 0 saturated carbocycles. The summed E-state index contributed by atoms with van der Waals surface area (Å²) in [6.45, 7) is 0. The molecule has 54 valence electrons. The zero-order valence-electron chi connectivity index (χ0n) is 4.84. The lowest BCUT2D eigenvalue weighted by Crippen LogP contribution is -1.69. The number of hydrogen-bond acceptors (Lipinski definition) is 2. The van der Waals surface area contributed by atoms with Crippen LogP contribution in [0.2, 0.25) is 0 Å². The summed E-state index contributed by atoms with van der Waals surface area (Å²) in [4.78, 5) is 0.884. The minimum Gasteiger partial charge on any atom is -0.507 e. The molecular formula is C6H4BrIOS. The van der Waals surface area contributed by atoms with Crippen molar-refractivity contribution < 1.29 is 5.11 Å². The Morgan fingerprint density at radius 1 is 1.50 bits per heavy atom. The normalized spacial score (nSPS) is 9.80. The average Bonchev–Trinajstić information content (AvgIpc) is 1.94. The van der Waals surface area contributed by atoms with Gasteiger partial charge >= 0.3 is 0 Å². The Morgan fingerprint density at radius 3 is 2.70 bits per heavy atom.